The number of fused-ring (bicyclic) bond motifs is 1. The molecule has 0 N–H and O–H groups in total. The molecule has 2 rings (SSSR count). The molecular weight excluding hydrogens is 361 g/mol. The second kappa shape index (κ2) is 8.06. The van der Waals surface area contributed by atoms with E-state index in [9.17, 15) is 5.26 Å². The Bertz CT molecular complexity index is 522. The van der Waals surface area contributed by atoms with Crippen molar-refractivity contribution < 1.29 is 17.7 Å². The van der Waals surface area contributed by atoms with Crippen molar-refractivity contribution in [3.8, 4) is 6.07 Å². The SMILES string of the molecule is [B][C@@H]1O[C@@H]2CO[Si](C(C)C)(C(C)C)O[Si](C(C)C)(C(C)C)O[C@H]2C1C#N. The van der Waals surface area contributed by atoms with Gasteiger partial charge in [0.1, 0.15) is 14.0 Å². The fraction of sp³-hybridized carbons (Fsp3) is 0.944. The summed E-state index contributed by atoms with van der Waals surface area (Å²) in [6.45, 7) is 17.8. The van der Waals surface area contributed by atoms with Gasteiger partial charge in [0.15, 0.2) is 0 Å². The molecular formula is C18H34BNO4Si2. The first-order valence-corrected chi connectivity index (χ1v) is 13.8. The minimum absolute atomic E-state index is 0.227. The first-order chi connectivity index (χ1) is 12.0. The van der Waals surface area contributed by atoms with Gasteiger partial charge >= 0.3 is 17.1 Å². The first-order valence-electron chi connectivity index (χ1n) is 9.84. The predicted molar refractivity (Wildman–Crippen MR) is 107 cm³/mol. The van der Waals surface area contributed by atoms with Crippen LogP contribution in [0, 0.1) is 17.2 Å². The summed E-state index contributed by atoms with van der Waals surface area (Å²) in [6.07, 6.45) is -0.704. The summed E-state index contributed by atoms with van der Waals surface area (Å²) in [5.74, 6) is -0.496. The van der Waals surface area contributed by atoms with Gasteiger partial charge in [0.05, 0.1) is 24.7 Å². The molecule has 2 aliphatic rings. The normalized spacial score (nSPS) is 34.0. The quantitative estimate of drug-likeness (QED) is 0.674. The fourth-order valence-corrected chi connectivity index (χ4v) is 15.6. The average Bonchev–Trinajstić information content (AvgIpc) is 2.80. The summed E-state index contributed by atoms with van der Waals surface area (Å²) in [5.41, 5.74) is 1.03. The zero-order chi connectivity index (χ0) is 19.9. The number of nitriles is 1. The van der Waals surface area contributed by atoms with E-state index in [1.807, 2.05) is 0 Å². The zero-order valence-corrected chi connectivity index (χ0v) is 19.5. The van der Waals surface area contributed by atoms with Crippen molar-refractivity contribution >= 4 is 25.0 Å². The van der Waals surface area contributed by atoms with Crippen LogP contribution in [0.1, 0.15) is 55.4 Å². The van der Waals surface area contributed by atoms with E-state index in [1.165, 1.54) is 0 Å². The molecule has 2 radical (unpaired) electrons. The average molecular weight is 395 g/mol. The lowest BCUT2D eigenvalue weighted by Gasteiger charge is -2.51. The largest absolute Gasteiger partial charge is 0.414 e. The highest BCUT2D eigenvalue weighted by Gasteiger charge is 2.61. The molecule has 0 aromatic carbocycles. The summed E-state index contributed by atoms with van der Waals surface area (Å²) in [5, 5.41) is 9.62. The summed E-state index contributed by atoms with van der Waals surface area (Å²) < 4.78 is 26.4. The van der Waals surface area contributed by atoms with Gasteiger partial charge in [-0.2, -0.15) is 5.26 Å². The van der Waals surface area contributed by atoms with Crippen molar-refractivity contribution in [3.05, 3.63) is 0 Å². The topological polar surface area (TPSA) is 60.7 Å². The molecule has 0 aliphatic carbocycles. The summed E-state index contributed by atoms with van der Waals surface area (Å²) in [7, 11) is 0.818. The lowest BCUT2D eigenvalue weighted by Crippen LogP contribution is -2.65. The molecule has 26 heavy (non-hydrogen) atoms. The van der Waals surface area contributed by atoms with Gasteiger partial charge in [-0.1, -0.05) is 55.4 Å². The second-order valence-corrected chi connectivity index (χ2v) is 17.7. The van der Waals surface area contributed by atoms with Crippen LogP contribution in [-0.4, -0.2) is 49.8 Å². The summed E-state index contributed by atoms with van der Waals surface area (Å²) in [4.78, 5) is 0. The van der Waals surface area contributed by atoms with E-state index in [-0.39, 0.29) is 28.3 Å². The van der Waals surface area contributed by atoms with Crippen LogP contribution in [0.4, 0.5) is 0 Å². The number of hydrogen-bond acceptors (Lipinski definition) is 5. The highest BCUT2D eigenvalue weighted by atomic mass is 28.5. The van der Waals surface area contributed by atoms with Crippen molar-refractivity contribution in [1.82, 2.24) is 0 Å². The van der Waals surface area contributed by atoms with E-state index < -0.39 is 35.1 Å². The van der Waals surface area contributed by atoms with E-state index in [1.54, 1.807) is 0 Å². The molecule has 0 saturated carbocycles. The Balaban J connectivity index is 2.56. The van der Waals surface area contributed by atoms with Gasteiger partial charge in [0, 0.05) is 6.00 Å². The van der Waals surface area contributed by atoms with Crippen molar-refractivity contribution in [1.29, 1.82) is 5.26 Å². The maximum atomic E-state index is 9.62. The lowest BCUT2D eigenvalue weighted by molar-refractivity contribution is -0.0262. The Kier molecular flexibility index (Phi) is 6.86. The van der Waals surface area contributed by atoms with Crippen molar-refractivity contribution in [2.24, 2.45) is 5.92 Å². The molecule has 2 heterocycles. The third-order valence-corrected chi connectivity index (χ3v) is 16.1. The van der Waals surface area contributed by atoms with Crippen LogP contribution in [-0.2, 0) is 17.7 Å². The number of nitrogens with zero attached hydrogens (tertiary/aromatic N) is 1. The Hall–Kier alpha value is -0.171. The number of ether oxygens (including phenoxy) is 1. The molecule has 8 heteroatoms. The molecule has 0 aromatic heterocycles. The summed E-state index contributed by atoms with van der Waals surface area (Å²) in [6, 6.07) is 1.65. The maximum Gasteiger partial charge on any atom is 0.335 e. The molecule has 0 bridgehead atoms. The van der Waals surface area contributed by atoms with Crippen LogP contribution >= 0.6 is 0 Å². The number of hydrogen-bond donors (Lipinski definition) is 0. The second-order valence-electron chi connectivity index (χ2n) is 8.85. The van der Waals surface area contributed by atoms with Crippen LogP contribution in [0.2, 0.25) is 22.2 Å². The molecule has 2 aliphatic heterocycles. The molecule has 146 valence electrons. The van der Waals surface area contributed by atoms with Gasteiger partial charge in [0.2, 0.25) is 0 Å². The third kappa shape index (κ3) is 3.59. The van der Waals surface area contributed by atoms with E-state index in [4.69, 9.17) is 25.6 Å². The molecule has 2 saturated heterocycles. The van der Waals surface area contributed by atoms with Gasteiger partial charge in [0.25, 0.3) is 0 Å². The summed E-state index contributed by atoms with van der Waals surface area (Å²) >= 11 is 0. The van der Waals surface area contributed by atoms with Gasteiger partial charge in [-0.15, -0.1) is 0 Å². The Morgan fingerprint density at radius 1 is 0.923 bits per heavy atom. The fourth-order valence-electron chi connectivity index (χ4n) is 4.35. The van der Waals surface area contributed by atoms with Gasteiger partial charge in [-0.25, -0.2) is 0 Å². The minimum Gasteiger partial charge on any atom is -0.414 e. The Morgan fingerprint density at radius 2 is 1.42 bits per heavy atom. The Labute approximate surface area is 162 Å². The van der Waals surface area contributed by atoms with Gasteiger partial charge < -0.3 is 17.7 Å². The molecule has 1 unspecified atom stereocenters. The van der Waals surface area contributed by atoms with Crippen LogP contribution in [0.3, 0.4) is 0 Å². The van der Waals surface area contributed by atoms with E-state index >= 15 is 0 Å². The molecule has 4 atom stereocenters. The van der Waals surface area contributed by atoms with Gasteiger partial charge in [-0.05, 0) is 22.2 Å². The van der Waals surface area contributed by atoms with E-state index in [0.29, 0.717) is 6.61 Å². The van der Waals surface area contributed by atoms with Crippen molar-refractivity contribution in [2.45, 2.75) is 95.8 Å². The standard InChI is InChI=1S/C18H34BNO4Si2/c1-11(2)25(12(3)4)21-10-16-17(15(9-20)18(19)22-16)23-26(24-25,13(5)6)14(7)8/h11-18H,10H2,1-8H3/t15?,16-,17+,18-/m1/s1. The van der Waals surface area contributed by atoms with E-state index in [0.717, 1.165) is 0 Å². The monoisotopic (exact) mass is 395 g/mol. The molecule has 2 fully saturated rings. The first kappa shape index (κ1) is 22.1. The predicted octanol–water partition coefficient (Wildman–Crippen LogP) is 3.98. The van der Waals surface area contributed by atoms with Crippen LogP contribution in [0.25, 0.3) is 0 Å². The lowest BCUT2D eigenvalue weighted by atomic mass is 9.86. The maximum absolute atomic E-state index is 9.62. The minimum atomic E-state index is -2.70. The van der Waals surface area contributed by atoms with Gasteiger partial charge in [-0.3, -0.25) is 0 Å². The molecule has 0 spiro atoms. The zero-order valence-electron chi connectivity index (χ0n) is 17.5. The van der Waals surface area contributed by atoms with Crippen LogP contribution in [0.15, 0.2) is 0 Å². The smallest absolute Gasteiger partial charge is 0.335 e. The highest BCUT2D eigenvalue weighted by Crippen LogP contribution is 2.47. The number of rotatable bonds is 4. The molecule has 5 nitrogen and oxygen atoms in total. The van der Waals surface area contributed by atoms with Crippen LogP contribution < -0.4 is 0 Å². The van der Waals surface area contributed by atoms with E-state index in [2.05, 4.69) is 61.5 Å². The molecule has 0 aromatic rings. The van der Waals surface area contributed by atoms with Crippen molar-refractivity contribution in [3.63, 3.8) is 0 Å². The van der Waals surface area contributed by atoms with Crippen molar-refractivity contribution in [2.75, 3.05) is 6.61 Å². The van der Waals surface area contributed by atoms with Crippen LogP contribution in [0.5, 0.6) is 0 Å². The molecule has 0 amide bonds. The highest BCUT2D eigenvalue weighted by molar-refractivity contribution is 6.83. The Morgan fingerprint density at radius 3 is 1.85 bits per heavy atom. The third-order valence-electron chi connectivity index (χ3n) is 5.89.